The monoisotopic (exact) mass is 780 g/mol. The van der Waals surface area contributed by atoms with Gasteiger partial charge in [-0.3, -0.25) is 0 Å². The standard InChI is InChI=1S/C40H64N10O4S/c1-13-17-49(18-14-2)31-41-33(45-35(43-31)53-29-25-37(5,6)47-38(7,8)26-29)51-21-23-55-24-22-52-34-42-32(50(19-15-3)20-16-4)44-36(46-34)54-30-27-39(9,10)48-40(11,12)28-30/h13-16,29-30,47-48H,1-4,17-28H2,5-12H3. The third-order valence-corrected chi connectivity index (χ3v) is 9.81. The fourth-order valence-corrected chi connectivity index (χ4v) is 8.29. The van der Waals surface area contributed by atoms with Crippen molar-refractivity contribution >= 4 is 23.7 Å². The molecule has 0 unspecified atom stereocenters. The molecule has 15 heteroatoms. The van der Waals surface area contributed by atoms with Gasteiger partial charge >= 0.3 is 24.0 Å². The van der Waals surface area contributed by atoms with E-state index in [9.17, 15) is 0 Å². The summed E-state index contributed by atoms with van der Waals surface area (Å²) in [5.74, 6) is 2.23. The normalized spacial score (nSPS) is 18.8. The summed E-state index contributed by atoms with van der Waals surface area (Å²) in [6.07, 6.45) is 10.3. The second kappa shape index (κ2) is 19.3. The van der Waals surface area contributed by atoms with Crippen molar-refractivity contribution in [2.45, 2.75) is 115 Å². The molecule has 0 aromatic carbocycles. The third-order valence-electron chi connectivity index (χ3n) is 8.90. The van der Waals surface area contributed by atoms with Crippen LogP contribution in [0.25, 0.3) is 0 Å². The zero-order chi connectivity index (χ0) is 40.3. The van der Waals surface area contributed by atoms with Crippen LogP contribution in [0.4, 0.5) is 11.9 Å². The molecule has 0 spiro atoms. The molecular weight excluding hydrogens is 717 g/mol. The Balaban J connectivity index is 1.38. The minimum atomic E-state index is -0.0960. The number of nitrogens with zero attached hydrogens (tertiary/aromatic N) is 8. The Kier molecular flexibility index (Phi) is 15.3. The van der Waals surface area contributed by atoms with E-state index in [0.717, 1.165) is 25.7 Å². The van der Waals surface area contributed by atoms with Gasteiger partial charge in [-0.05, 0) is 55.4 Å². The number of piperidine rings is 2. The second-order valence-corrected chi connectivity index (χ2v) is 18.0. The van der Waals surface area contributed by atoms with E-state index < -0.39 is 0 Å². The zero-order valence-corrected chi connectivity index (χ0v) is 35.2. The first-order valence-corrected chi connectivity index (χ1v) is 20.3. The maximum Gasteiger partial charge on any atom is 0.324 e. The molecule has 4 heterocycles. The highest BCUT2D eigenvalue weighted by atomic mass is 32.2. The average molecular weight is 781 g/mol. The highest BCUT2D eigenvalue weighted by Gasteiger charge is 2.40. The van der Waals surface area contributed by atoms with Gasteiger partial charge in [0.2, 0.25) is 11.9 Å². The molecule has 2 aliphatic heterocycles. The molecule has 0 radical (unpaired) electrons. The molecule has 14 nitrogen and oxygen atoms in total. The summed E-state index contributed by atoms with van der Waals surface area (Å²) < 4.78 is 25.0. The molecule has 0 saturated carbocycles. The number of hydrogen-bond acceptors (Lipinski definition) is 15. The topological polar surface area (TPSA) is 145 Å². The Bertz CT molecular complexity index is 1440. The summed E-state index contributed by atoms with van der Waals surface area (Å²) >= 11 is 1.67. The third kappa shape index (κ3) is 14.3. The van der Waals surface area contributed by atoms with Crippen LogP contribution < -0.4 is 39.4 Å². The van der Waals surface area contributed by atoms with Crippen LogP contribution >= 0.6 is 11.8 Å². The van der Waals surface area contributed by atoms with Gasteiger partial charge in [-0.15, -0.1) is 36.3 Å². The average Bonchev–Trinajstić information content (AvgIpc) is 3.04. The number of nitrogens with one attached hydrogen (secondary N) is 2. The van der Waals surface area contributed by atoms with Crippen molar-refractivity contribution in [1.82, 2.24) is 40.5 Å². The van der Waals surface area contributed by atoms with Crippen LogP contribution in [-0.2, 0) is 0 Å². The molecule has 304 valence electrons. The van der Waals surface area contributed by atoms with Gasteiger partial charge in [0.15, 0.2) is 0 Å². The lowest BCUT2D eigenvalue weighted by atomic mass is 9.81. The number of rotatable bonds is 22. The summed E-state index contributed by atoms with van der Waals surface area (Å²) in [6.45, 7) is 35.9. The zero-order valence-electron chi connectivity index (χ0n) is 34.4. The van der Waals surface area contributed by atoms with Crippen LogP contribution in [0.1, 0.15) is 81.1 Å². The van der Waals surface area contributed by atoms with E-state index >= 15 is 0 Å². The first kappa shape index (κ1) is 43.8. The van der Waals surface area contributed by atoms with Crippen LogP contribution in [0.15, 0.2) is 50.6 Å². The Labute approximate surface area is 333 Å². The molecule has 2 fully saturated rings. The number of anilines is 2. The minimum absolute atomic E-state index is 0.0730. The smallest absolute Gasteiger partial charge is 0.324 e. The first-order valence-electron chi connectivity index (χ1n) is 19.2. The summed E-state index contributed by atoms with van der Waals surface area (Å²) in [5, 5.41) is 7.39. The largest absolute Gasteiger partial charge is 0.462 e. The predicted octanol–water partition coefficient (Wildman–Crippen LogP) is 5.98. The van der Waals surface area contributed by atoms with E-state index in [1.165, 1.54) is 0 Å². The van der Waals surface area contributed by atoms with Gasteiger partial charge in [0, 0.05) is 85.5 Å². The van der Waals surface area contributed by atoms with Gasteiger partial charge in [0.1, 0.15) is 25.4 Å². The van der Waals surface area contributed by atoms with Crippen molar-refractivity contribution in [2.24, 2.45) is 0 Å². The van der Waals surface area contributed by atoms with E-state index in [4.69, 9.17) is 18.9 Å². The quantitative estimate of drug-likeness (QED) is 0.107. The fourth-order valence-electron chi connectivity index (χ4n) is 7.68. The molecule has 2 aromatic rings. The van der Waals surface area contributed by atoms with Crippen molar-refractivity contribution in [3.05, 3.63) is 50.6 Å². The summed E-state index contributed by atoms with van der Waals surface area (Å²) in [5.41, 5.74) is -0.384. The minimum Gasteiger partial charge on any atom is -0.462 e. The Morgan fingerprint density at radius 3 is 1.16 bits per heavy atom. The molecule has 2 N–H and O–H groups in total. The van der Waals surface area contributed by atoms with Gasteiger partial charge in [-0.25, -0.2) is 0 Å². The van der Waals surface area contributed by atoms with E-state index in [2.05, 4.69) is 122 Å². The van der Waals surface area contributed by atoms with Gasteiger partial charge in [-0.2, -0.15) is 31.7 Å². The van der Waals surface area contributed by atoms with Gasteiger partial charge < -0.3 is 39.4 Å². The molecule has 0 aliphatic carbocycles. The second-order valence-electron chi connectivity index (χ2n) is 16.8. The Morgan fingerprint density at radius 2 is 0.855 bits per heavy atom. The van der Waals surface area contributed by atoms with Gasteiger partial charge in [-0.1, -0.05) is 24.3 Å². The van der Waals surface area contributed by atoms with Crippen LogP contribution in [0.2, 0.25) is 0 Å². The first-order chi connectivity index (χ1) is 25.9. The van der Waals surface area contributed by atoms with E-state index in [0.29, 0.717) is 62.8 Å². The molecule has 2 saturated heterocycles. The molecular formula is C40H64N10O4S. The van der Waals surface area contributed by atoms with E-state index in [1.807, 2.05) is 9.80 Å². The van der Waals surface area contributed by atoms with Crippen LogP contribution in [0, 0.1) is 0 Å². The van der Waals surface area contributed by atoms with Gasteiger partial charge in [0.05, 0.1) is 0 Å². The predicted molar refractivity (Wildman–Crippen MR) is 223 cm³/mol. The molecule has 0 amide bonds. The van der Waals surface area contributed by atoms with E-state index in [-0.39, 0.29) is 58.4 Å². The maximum atomic E-state index is 6.41. The van der Waals surface area contributed by atoms with E-state index in [1.54, 1.807) is 36.1 Å². The number of thioether (sulfide) groups is 1. The summed E-state index contributed by atoms with van der Waals surface area (Å²) in [4.78, 5) is 31.6. The maximum absolute atomic E-state index is 6.41. The molecule has 0 bridgehead atoms. The van der Waals surface area contributed by atoms with Crippen molar-refractivity contribution in [1.29, 1.82) is 0 Å². The lowest BCUT2D eigenvalue weighted by Crippen LogP contribution is -2.60. The summed E-state index contributed by atoms with van der Waals surface area (Å²) in [7, 11) is 0. The molecule has 4 rings (SSSR count). The van der Waals surface area contributed by atoms with Crippen LogP contribution in [-0.4, -0.2) is 115 Å². The Hall–Kier alpha value is -3.95. The van der Waals surface area contributed by atoms with Crippen molar-refractivity contribution in [3.63, 3.8) is 0 Å². The van der Waals surface area contributed by atoms with Crippen LogP contribution in [0.3, 0.4) is 0 Å². The molecule has 0 atom stereocenters. The van der Waals surface area contributed by atoms with Crippen molar-refractivity contribution in [2.75, 3.05) is 60.7 Å². The van der Waals surface area contributed by atoms with Crippen LogP contribution in [0.5, 0.6) is 24.0 Å². The SMILES string of the molecule is C=CCN(CC=C)c1nc(OCCSCCOc2nc(OC3CC(C)(C)NC(C)(C)C3)nc(N(CC=C)CC=C)n2)nc(OC2CC(C)(C)NC(C)(C)C2)n1. The molecule has 2 aromatic heterocycles. The van der Waals surface area contributed by atoms with Crippen molar-refractivity contribution < 1.29 is 18.9 Å². The van der Waals surface area contributed by atoms with Crippen molar-refractivity contribution in [3.8, 4) is 24.0 Å². The number of ether oxygens (including phenoxy) is 4. The molecule has 55 heavy (non-hydrogen) atoms. The number of hydrogen-bond donors (Lipinski definition) is 2. The highest BCUT2D eigenvalue weighted by Crippen LogP contribution is 2.33. The number of aromatic nitrogens is 6. The Morgan fingerprint density at radius 1 is 0.545 bits per heavy atom. The lowest BCUT2D eigenvalue weighted by Gasteiger charge is -2.45. The van der Waals surface area contributed by atoms with Gasteiger partial charge in [0.25, 0.3) is 0 Å². The summed E-state index contributed by atoms with van der Waals surface area (Å²) in [6, 6.07) is 0.892. The highest BCUT2D eigenvalue weighted by molar-refractivity contribution is 7.99. The fraction of sp³-hybridized carbons (Fsp3) is 0.650. The lowest BCUT2D eigenvalue weighted by molar-refractivity contribution is 0.0484. The molecule has 2 aliphatic rings.